The van der Waals surface area contributed by atoms with Gasteiger partial charge in [-0.25, -0.2) is 0 Å². The zero-order chi connectivity index (χ0) is 13.1. The van der Waals surface area contributed by atoms with Gasteiger partial charge in [0.2, 0.25) is 0 Å². The minimum atomic E-state index is -0.902. The molecule has 3 saturated carbocycles. The van der Waals surface area contributed by atoms with Crippen LogP contribution in [0.5, 0.6) is 0 Å². The molecule has 0 radical (unpaired) electrons. The number of esters is 1. The molecule has 4 unspecified atom stereocenters. The van der Waals surface area contributed by atoms with Crippen molar-refractivity contribution < 1.29 is 19.7 Å². The highest BCUT2D eigenvalue weighted by Crippen LogP contribution is 2.63. The van der Waals surface area contributed by atoms with Gasteiger partial charge in [-0.15, -0.1) is 0 Å². The van der Waals surface area contributed by atoms with Gasteiger partial charge in [0, 0.05) is 18.4 Å². The fraction of sp³-hybridized carbons (Fsp3) is 0.786. The van der Waals surface area contributed by atoms with Crippen LogP contribution in [0.4, 0.5) is 0 Å². The lowest BCUT2D eigenvalue weighted by molar-refractivity contribution is -0.202. The third kappa shape index (κ3) is 1.44. The summed E-state index contributed by atoms with van der Waals surface area (Å²) in [6.45, 7) is 3.80. The molecule has 4 bridgehead atoms. The van der Waals surface area contributed by atoms with Gasteiger partial charge in [-0.1, -0.05) is 13.8 Å². The van der Waals surface area contributed by atoms with E-state index >= 15 is 0 Å². The number of aliphatic hydroxyl groups excluding tert-OH is 1. The van der Waals surface area contributed by atoms with Crippen LogP contribution in [0.2, 0.25) is 0 Å². The maximum atomic E-state index is 12.0. The highest BCUT2D eigenvalue weighted by Gasteiger charge is 2.65. The fourth-order valence-electron chi connectivity index (χ4n) is 3.90. The maximum Gasteiger partial charge on any atom is 0.309 e. The Labute approximate surface area is 107 Å². The summed E-state index contributed by atoms with van der Waals surface area (Å²) in [7, 11) is 0. The molecular weight excluding hydrogens is 232 g/mol. The van der Waals surface area contributed by atoms with Gasteiger partial charge in [0.1, 0.15) is 5.60 Å². The van der Waals surface area contributed by atoms with Crippen molar-refractivity contribution in [1.82, 2.24) is 0 Å². The number of rotatable bonds is 3. The summed E-state index contributed by atoms with van der Waals surface area (Å²) in [4.78, 5) is 12.0. The topological polar surface area (TPSA) is 66.8 Å². The minimum Gasteiger partial charge on any atom is -0.512 e. The van der Waals surface area contributed by atoms with E-state index in [0.29, 0.717) is 19.3 Å². The molecule has 18 heavy (non-hydrogen) atoms. The van der Waals surface area contributed by atoms with Crippen LogP contribution in [0.1, 0.15) is 46.0 Å². The normalized spacial score (nSPS) is 42.5. The first-order chi connectivity index (χ1) is 8.39. The Morgan fingerprint density at radius 2 is 2.28 bits per heavy atom. The lowest BCUT2D eigenvalue weighted by Crippen LogP contribution is -2.64. The SMILES string of the molecule is CCC(C)C(=O)OC12CC(O)=C3C(C1)CC3(O)C2. The molecule has 2 N–H and O–H groups in total. The van der Waals surface area contributed by atoms with E-state index in [1.165, 1.54) is 0 Å². The highest BCUT2D eigenvalue weighted by atomic mass is 16.6. The molecule has 0 aliphatic heterocycles. The summed E-state index contributed by atoms with van der Waals surface area (Å²) in [5.74, 6) is 0.129. The molecule has 5 rings (SSSR count). The fourth-order valence-corrected chi connectivity index (χ4v) is 3.90. The maximum absolute atomic E-state index is 12.0. The van der Waals surface area contributed by atoms with E-state index < -0.39 is 11.2 Å². The molecule has 4 atom stereocenters. The van der Waals surface area contributed by atoms with Crippen molar-refractivity contribution in [3.63, 3.8) is 0 Å². The van der Waals surface area contributed by atoms with Gasteiger partial charge >= 0.3 is 5.97 Å². The predicted molar refractivity (Wildman–Crippen MR) is 64.8 cm³/mol. The summed E-state index contributed by atoms with van der Waals surface area (Å²) >= 11 is 0. The summed E-state index contributed by atoms with van der Waals surface area (Å²) in [6.07, 6.45) is 3.04. The molecule has 100 valence electrons. The second-order valence-corrected chi connectivity index (χ2v) is 6.26. The Hall–Kier alpha value is -1.03. The van der Waals surface area contributed by atoms with Crippen LogP contribution in [-0.4, -0.2) is 27.4 Å². The molecule has 4 nitrogen and oxygen atoms in total. The van der Waals surface area contributed by atoms with Gasteiger partial charge in [-0.2, -0.15) is 0 Å². The van der Waals surface area contributed by atoms with E-state index in [4.69, 9.17) is 4.74 Å². The molecule has 5 aliphatic carbocycles. The first kappa shape index (κ1) is 12.0. The van der Waals surface area contributed by atoms with E-state index in [9.17, 15) is 15.0 Å². The molecule has 3 fully saturated rings. The number of hydrogen-bond donors (Lipinski definition) is 2. The smallest absolute Gasteiger partial charge is 0.309 e. The largest absolute Gasteiger partial charge is 0.512 e. The zero-order valence-corrected chi connectivity index (χ0v) is 10.9. The van der Waals surface area contributed by atoms with E-state index in [1.807, 2.05) is 13.8 Å². The Morgan fingerprint density at radius 1 is 1.56 bits per heavy atom. The number of fused-ring (bicyclic) bond motifs is 1. The Kier molecular flexibility index (Phi) is 2.34. The summed E-state index contributed by atoms with van der Waals surface area (Å²) in [5, 5.41) is 20.3. The molecule has 0 heterocycles. The Bertz CT molecular complexity index is 441. The number of hydrogen-bond acceptors (Lipinski definition) is 4. The Morgan fingerprint density at radius 3 is 2.83 bits per heavy atom. The molecule has 5 aliphatic rings. The van der Waals surface area contributed by atoms with Crippen molar-refractivity contribution in [2.75, 3.05) is 0 Å². The van der Waals surface area contributed by atoms with Crippen molar-refractivity contribution in [3.05, 3.63) is 11.3 Å². The third-order valence-electron chi connectivity index (χ3n) is 4.86. The van der Waals surface area contributed by atoms with Crippen molar-refractivity contribution >= 4 is 5.97 Å². The lowest BCUT2D eigenvalue weighted by Gasteiger charge is -2.61. The second kappa shape index (κ2) is 3.50. The van der Waals surface area contributed by atoms with Crippen LogP contribution in [0.25, 0.3) is 0 Å². The number of carbonyl (C=O) groups is 1. The quantitative estimate of drug-likeness (QED) is 0.755. The van der Waals surface area contributed by atoms with Gasteiger partial charge in [-0.05, 0) is 25.2 Å². The second-order valence-electron chi connectivity index (χ2n) is 6.26. The molecule has 0 amide bonds. The summed E-state index contributed by atoms with van der Waals surface area (Å²) in [5.41, 5.74) is -0.755. The molecule has 0 aromatic heterocycles. The lowest BCUT2D eigenvalue weighted by atomic mass is 9.48. The number of ether oxygens (including phenoxy) is 1. The first-order valence-corrected chi connectivity index (χ1v) is 6.77. The average Bonchev–Trinajstić information content (AvgIpc) is 2.24. The first-order valence-electron chi connectivity index (χ1n) is 6.77. The van der Waals surface area contributed by atoms with E-state index in [1.54, 1.807) is 0 Å². The van der Waals surface area contributed by atoms with Crippen LogP contribution in [0, 0.1) is 11.8 Å². The van der Waals surface area contributed by atoms with Crippen LogP contribution in [0.15, 0.2) is 11.3 Å². The predicted octanol–water partition coefficient (Wildman–Crippen LogP) is 2.08. The number of aliphatic hydroxyl groups is 2. The van der Waals surface area contributed by atoms with Gasteiger partial charge in [0.05, 0.1) is 17.3 Å². The van der Waals surface area contributed by atoms with Crippen LogP contribution in [-0.2, 0) is 9.53 Å². The van der Waals surface area contributed by atoms with Crippen molar-refractivity contribution in [3.8, 4) is 0 Å². The van der Waals surface area contributed by atoms with E-state index in [2.05, 4.69) is 0 Å². The van der Waals surface area contributed by atoms with Gasteiger partial charge in [0.15, 0.2) is 0 Å². The highest BCUT2D eigenvalue weighted by molar-refractivity contribution is 5.72. The molecular formula is C14H20O4. The van der Waals surface area contributed by atoms with Crippen molar-refractivity contribution in [2.45, 2.75) is 57.2 Å². The molecule has 0 saturated heterocycles. The third-order valence-corrected chi connectivity index (χ3v) is 4.86. The average molecular weight is 252 g/mol. The van der Waals surface area contributed by atoms with Gasteiger partial charge in [0.25, 0.3) is 0 Å². The molecule has 0 aromatic rings. The summed E-state index contributed by atoms with van der Waals surface area (Å²) in [6, 6.07) is 0. The van der Waals surface area contributed by atoms with Gasteiger partial charge < -0.3 is 14.9 Å². The number of carbonyl (C=O) groups excluding carboxylic acids is 1. The van der Waals surface area contributed by atoms with E-state index in [0.717, 1.165) is 18.4 Å². The zero-order valence-electron chi connectivity index (χ0n) is 10.9. The van der Waals surface area contributed by atoms with Crippen LogP contribution in [0.3, 0.4) is 0 Å². The molecule has 0 spiro atoms. The van der Waals surface area contributed by atoms with Crippen LogP contribution >= 0.6 is 0 Å². The monoisotopic (exact) mass is 252 g/mol. The standard InChI is InChI=1S/C14H20O4/c1-3-8(2)12(16)18-13-4-9-5-14(17,7-13)11(9)10(15)6-13/h8-9,15,17H,3-7H2,1-2H3. The summed E-state index contributed by atoms with van der Waals surface area (Å²) < 4.78 is 5.66. The van der Waals surface area contributed by atoms with E-state index in [-0.39, 0.29) is 23.6 Å². The van der Waals surface area contributed by atoms with Gasteiger partial charge in [-0.3, -0.25) is 4.79 Å². The minimum absolute atomic E-state index is 0.125. The molecule has 0 aromatic carbocycles. The van der Waals surface area contributed by atoms with Crippen molar-refractivity contribution in [2.24, 2.45) is 11.8 Å². The molecule has 4 heteroatoms. The van der Waals surface area contributed by atoms with Crippen molar-refractivity contribution in [1.29, 1.82) is 0 Å². The Balaban J connectivity index is 1.82. The van der Waals surface area contributed by atoms with Crippen LogP contribution < -0.4 is 0 Å².